The second-order valence-electron chi connectivity index (χ2n) is 2.61. The van der Waals surface area contributed by atoms with Gasteiger partial charge in [0.05, 0.1) is 6.61 Å². The van der Waals surface area contributed by atoms with Crippen molar-refractivity contribution in [2.24, 2.45) is 0 Å². The third-order valence-corrected chi connectivity index (χ3v) is 1.73. The van der Waals surface area contributed by atoms with Gasteiger partial charge in [-0.05, 0) is 26.2 Å². The minimum Gasteiger partial charge on any atom is -0.464 e. The Bertz CT molecular complexity index is 127. The molecule has 0 aromatic rings. The van der Waals surface area contributed by atoms with Crippen LogP contribution in [0, 0.1) is 0 Å². The van der Waals surface area contributed by atoms with E-state index in [9.17, 15) is 4.79 Å². The fourth-order valence-electron chi connectivity index (χ4n) is 1.16. The fourth-order valence-corrected chi connectivity index (χ4v) is 1.16. The van der Waals surface area contributed by atoms with Crippen LogP contribution in [-0.4, -0.2) is 25.3 Å². The second-order valence-corrected chi connectivity index (χ2v) is 2.61. The molecule has 3 heteroatoms. The van der Waals surface area contributed by atoms with Crippen molar-refractivity contribution in [2.45, 2.75) is 32.3 Å². The Balaban J connectivity index is 2.27. The van der Waals surface area contributed by atoms with Crippen molar-refractivity contribution in [1.29, 1.82) is 0 Å². The predicted molar refractivity (Wildman–Crippen MR) is 40.2 cm³/mol. The average molecular weight is 158 g/mol. The molecule has 0 aromatic heterocycles. The van der Waals surface area contributed by atoms with E-state index < -0.39 is 0 Å². The maximum atomic E-state index is 11.1. The van der Waals surface area contributed by atoms with Crippen LogP contribution in [-0.2, 0) is 14.3 Å². The van der Waals surface area contributed by atoms with Gasteiger partial charge in [-0.3, -0.25) is 0 Å². The van der Waals surface area contributed by atoms with Crippen LogP contribution in [0.2, 0.25) is 0 Å². The summed E-state index contributed by atoms with van der Waals surface area (Å²) in [5.41, 5.74) is 0. The lowest BCUT2D eigenvalue weighted by atomic mass is 10.1. The van der Waals surface area contributed by atoms with Crippen LogP contribution in [0.5, 0.6) is 0 Å². The fraction of sp³-hybridized carbons (Fsp3) is 0.875. The summed E-state index contributed by atoms with van der Waals surface area (Å²) >= 11 is 0. The van der Waals surface area contributed by atoms with Crippen molar-refractivity contribution in [1.82, 2.24) is 0 Å². The molecule has 0 aromatic carbocycles. The molecule has 0 aliphatic carbocycles. The molecular weight excluding hydrogens is 144 g/mol. The van der Waals surface area contributed by atoms with Gasteiger partial charge >= 0.3 is 5.97 Å². The van der Waals surface area contributed by atoms with Gasteiger partial charge in [0.25, 0.3) is 0 Å². The molecule has 64 valence electrons. The third kappa shape index (κ3) is 2.50. The smallest absolute Gasteiger partial charge is 0.335 e. The number of rotatable bonds is 2. The lowest BCUT2D eigenvalue weighted by Crippen LogP contribution is -2.29. The van der Waals surface area contributed by atoms with E-state index in [1.807, 2.05) is 0 Å². The molecule has 1 aliphatic heterocycles. The summed E-state index contributed by atoms with van der Waals surface area (Å²) in [6.45, 7) is 2.95. The van der Waals surface area contributed by atoms with Crippen LogP contribution in [0.1, 0.15) is 26.2 Å². The van der Waals surface area contributed by atoms with Gasteiger partial charge in [-0.25, -0.2) is 4.79 Å². The van der Waals surface area contributed by atoms with Crippen molar-refractivity contribution in [2.75, 3.05) is 13.2 Å². The molecule has 1 aliphatic rings. The van der Waals surface area contributed by atoms with E-state index in [4.69, 9.17) is 9.47 Å². The first-order valence-corrected chi connectivity index (χ1v) is 4.13. The number of carbonyl (C=O) groups excluding carboxylic acids is 1. The molecule has 3 nitrogen and oxygen atoms in total. The molecule has 1 heterocycles. The maximum Gasteiger partial charge on any atom is 0.335 e. The Morgan fingerprint density at radius 3 is 3.00 bits per heavy atom. The lowest BCUT2D eigenvalue weighted by Gasteiger charge is -2.20. The SMILES string of the molecule is CCOC(=O)[C@@H]1CCCCO1. The number of esters is 1. The van der Waals surface area contributed by atoms with Crippen molar-refractivity contribution in [3.8, 4) is 0 Å². The normalized spacial score (nSPS) is 24.6. The van der Waals surface area contributed by atoms with Crippen LogP contribution in [0.4, 0.5) is 0 Å². The average Bonchev–Trinajstić information content (AvgIpc) is 2.07. The highest BCUT2D eigenvalue weighted by atomic mass is 16.6. The first-order valence-electron chi connectivity index (χ1n) is 4.13. The first kappa shape index (κ1) is 8.53. The molecule has 0 bridgehead atoms. The summed E-state index contributed by atoms with van der Waals surface area (Å²) in [5, 5.41) is 0. The van der Waals surface area contributed by atoms with Gasteiger partial charge in [0.2, 0.25) is 0 Å². The molecule has 0 saturated carbocycles. The molecule has 1 fully saturated rings. The van der Waals surface area contributed by atoms with Crippen LogP contribution >= 0.6 is 0 Å². The van der Waals surface area contributed by atoms with Gasteiger partial charge in [0.15, 0.2) is 6.10 Å². The van der Waals surface area contributed by atoms with Gasteiger partial charge in [-0.1, -0.05) is 0 Å². The lowest BCUT2D eigenvalue weighted by molar-refractivity contribution is -0.159. The molecule has 11 heavy (non-hydrogen) atoms. The number of hydrogen-bond acceptors (Lipinski definition) is 3. The van der Waals surface area contributed by atoms with E-state index in [-0.39, 0.29) is 12.1 Å². The highest BCUT2D eigenvalue weighted by Gasteiger charge is 2.22. The van der Waals surface area contributed by atoms with Crippen LogP contribution in [0.3, 0.4) is 0 Å². The Morgan fingerprint density at radius 1 is 1.64 bits per heavy atom. The molecule has 0 radical (unpaired) electrons. The zero-order valence-electron chi connectivity index (χ0n) is 6.84. The molecule has 0 N–H and O–H groups in total. The van der Waals surface area contributed by atoms with Gasteiger partial charge in [-0.2, -0.15) is 0 Å². The number of hydrogen-bond donors (Lipinski definition) is 0. The molecule has 0 amide bonds. The molecule has 1 rings (SSSR count). The van der Waals surface area contributed by atoms with E-state index in [0.717, 1.165) is 19.3 Å². The minimum absolute atomic E-state index is 0.202. The second kappa shape index (κ2) is 4.34. The van der Waals surface area contributed by atoms with Gasteiger partial charge in [-0.15, -0.1) is 0 Å². The minimum atomic E-state index is -0.288. The Hall–Kier alpha value is -0.570. The van der Waals surface area contributed by atoms with Gasteiger partial charge in [0.1, 0.15) is 0 Å². The molecule has 0 unspecified atom stereocenters. The van der Waals surface area contributed by atoms with Crippen LogP contribution < -0.4 is 0 Å². The van der Waals surface area contributed by atoms with Crippen molar-refractivity contribution in [3.05, 3.63) is 0 Å². The van der Waals surface area contributed by atoms with Crippen molar-refractivity contribution >= 4 is 5.97 Å². The zero-order chi connectivity index (χ0) is 8.10. The standard InChI is InChI=1S/C8H14O3/c1-2-10-8(9)7-5-3-4-6-11-7/h7H,2-6H2,1H3/t7-/m0/s1. The Labute approximate surface area is 66.7 Å². The summed E-state index contributed by atoms with van der Waals surface area (Å²) in [7, 11) is 0. The maximum absolute atomic E-state index is 11.1. The number of ether oxygens (including phenoxy) is 2. The summed E-state index contributed by atoms with van der Waals surface area (Å²) in [6.07, 6.45) is 2.67. The van der Waals surface area contributed by atoms with E-state index in [1.54, 1.807) is 6.92 Å². The zero-order valence-corrected chi connectivity index (χ0v) is 6.84. The molecule has 1 atom stereocenters. The third-order valence-electron chi connectivity index (χ3n) is 1.73. The van der Waals surface area contributed by atoms with Crippen molar-refractivity contribution in [3.63, 3.8) is 0 Å². The monoisotopic (exact) mass is 158 g/mol. The van der Waals surface area contributed by atoms with Crippen LogP contribution in [0.25, 0.3) is 0 Å². The van der Waals surface area contributed by atoms with E-state index >= 15 is 0 Å². The highest BCUT2D eigenvalue weighted by Crippen LogP contribution is 2.13. The van der Waals surface area contributed by atoms with Gasteiger partial charge in [0, 0.05) is 6.61 Å². The quantitative estimate of drug-likeness (QED) is 0.565. The first-order chi connectivity index (χ1) is 5.34. The van der Waals surface area contributed by atoms with Crippen molar-refractivity contribution < 1.29 is 14.3 Å². The topological polar surface area (TPSA) is 35.5 Å². The highest BCUT2D eigenvalue weighted by molar-refractivity contribution is 5.74. The molecule has 1 saturated heterocycles. The van der Waals surface area contributed by atoms with Gasteiger partial charge < -0.3 is 9.47 Å². The molecule has 0 spiro atoms. The summed E-state index contributed by atoms with van der Waals surface area (Å²) in [5.74, 6) is -0.202. The summed E-state index contributed by atoms with van der Waals surface area (Å²) < 4.78 is 10.0. The van der Waals surface area contributed by atoms with E-state index in [1.165, 1.54) is 0 Å². The Morgan fingerprint density at radius 2 is 2.45 bits per heavy atom. The Kier molecular flexibility index (Phi) is 3.36. The van der Waals surface area contributed by atoms with Crippen LogP contribution in [0.15, 0.2) is 0 Å². The summed E-state index contributed by atoms with van der Waals surface area (Å²) in [6, 6.07) is 0. The largest absolute Gasteiger partial charge is 0.464 e. The van der Waals surface area contributed by atoms with E-state index in [0.29, 0.717) is 13.2 Å². The summed E-state index contributed by atoms with van der Waals surface area (Å²) in [4.78, 5) is 11.1. The number of carbonyl (C=O) groups is 1. The van der Waals surface area contributed by atoms with E-state index in [2.05, 4.69) is 0 Å². The predicted octanol–water partition coefficient (Wildman–Crippen LogP) is 1.12. The molecular formula is C8H14O3.